The second kappa shape index (κ2) is 7.60. The number of benzene rings is 3. The summed E-state index contributed by atoms with van der Waals surface area (Å²) in [6.45, 7) is 3.25. The van der Waals surface area contributed by atoms with Crippen molar-refractivity contribution in [3.8, 4) is 0 Å². The third kappa shape index (κ3) is 4.11. The van der Waals surface area contributed by atoms with E-state index >= 15 is 0 Å². The summed E-state index contributed by atoms with van der Waals surface area (Å²) in [6, 6.07) is 28.8. The van der Waals surface area contributed by atoms with Gasteiger partial charge in [0.1, 0.15) is 0 Å². The number of anilines is 1. The summed E-state index contributed by atoms with van der Waals surface area (Å²) in [7, 11) is 0. The van der Waals surface area contributed by atoms with Crippen LogP contribution in [-0.2, 0) is 13.1 Å². The van der Waals surface area contributed by atoms with Crippen LogP contribution in [0, 0.1) is 0 Å². The molecule has 0 aliphatic carbocycles. The van der Waals surface area contributed by atoms with Crippen molar-refractivity contribution in [1.82, 2.24) is 0 Å². The van der Waals surface area contributed by atoms with Crippen LogP contribution in [-0.4, -0.2) is 5.78 Å². The highest BCUT2D eigenvalue weighted by molar-refractivity contribution is 5.94. The van der Waals surface area contributed by atoms with E-state index in [-0.39, 0.29) is 5.78 Å². The van der Waals surface area contributed by atoms with E-state index in [1.54, 1.807) is 6.92 Å². The Morgan fingerprint density at radius 1 is 0.708 bits per heavy atom. The molecule has 120 valence electrons. The monoisotopic (exact) mass is 315 g/mol. The van der Waals surface area contributed by atoms with Crippen LogP contribution < -0.4 is 4.90 Å². The number of hydrogen-bond acceptors (Lipinski definition) is 2. The first-order valence-electron chi connectivity index (χ1n) is 8.16. The first-order valence-corrected chi connectivity index (χ1v) is 8.16. The average Bonchev–Trinajstić information content (AvgIpc) is 2.63. The van der Waals surface area contributed by atoms with E-state index in [0.29, 0.717) is 0 Å². The first kappa shape index (κ1) is 16.0. The Hall–Kier alpha value is -2.87. The fraction of sp³-hybridized carbons (Fsp3) is 0.136. The molecule has 2 heteroatoms. The lowest BCUT2D eigenvalue weighted by Crippen LogP contribution is -2.22. The van der Waals surface area contributed by atoms with Crippen LogP contribution in [0.1, 0.15) is 28.4 Å². The molecule has 0 spiro atoms. The van der Waals surface area contributed by atoms with Gasteiger partial charge in [-0.15, -0.1) is 0 Å². The predicted octanol–water partition coefficient (Wildman–Crippen LogP) is 5.10. The molecule has 0 saturated carbocycles. The van der Waals surface area contributed by atoms with Gasteiger partial charge in [-0.3, -0.25) is 4.79 Å². The fourth-order valence-corrected chi connectivity index (χ4v) is 2.75. The van der Waals surface area contributed by atoms with E-state index in [1.807, 2.05) is 36.4 Å². The number of rotatable bonds is 6. The molecule has 0 unspecified atom stereocenters. The molecule has 24 heavy (non-hydrogen) atoms. The van der Waals surface area contributed by atoms with Crippen molar-refractivity contribution in [3.63, 3.8) is 0 Å². The summed E-state index contributed by atoms with van der Waals surface area (Å²) >= 11 is 0. The summed E-state index contributed by atoms with van der Waals surface area (Å²) in [5, 5.41) is 0. The maximum absolute atomic E-state index is 11.5. The van der Waals surface area contributed by atoms with Crippen LogP contribution in [0.5, 0.6) is 0 Å². The van der Waals surface area contributed by atoms with Gasteiger partial charge < -0.3 is 4.90 Å². The highest BCUT2D eigenvalue weighted by Gasteiger charge is 2.09. The van der Waals surface area contributed by atoms with Crippen molar-refractivity contribution in [2.24, 2.45) is 0 Å². The van der Waals surface area contributed by atoms with Gasteiger partial charge in [-0.25, -0.2) is 0 Å². The number of hydrogen-bond donors (Lipinski definition) is 0. The summed E-state index contributed by atoms with van der Waals surface area (Å²) in [4.78, 5) is 13.8. The predicted molar refractivity (Wildman–Crippen MR) is 99.2 cm³/mol. The lowest BCUT2D eigenvalue weighted by molar-refractivity contribution is 0.101. The van der Waals surface area contributed by atoms with Gasteiger partial charge in [0.25, 0.3) is 0 Å². The molecule has 0 amide bonds. The minimum atomic E-state index is 0.0965. The largest absolute Gasteiger partial charge is 0.363 e. The van der Waals surface area contributed by atoms with E-state index in [4.69, 9.17) is 0 Å². The number of ketones is 1. The van der Waals surface area contributed by atoms with E-state index in [2.05, 4.69) is 53.4 Å². The molecule has 0 aliphatic heterocycles. The molecule has 0 bridgehead atoms. The number of carbonyl (C=O) groups excluding carboxylic acids is 1. The molecule has 0 N–H and O–H groups in total. The van der Waals surface area contributed by atoms with Crippen LogP contribution in [0.25, 0.3) is 0 Å². The minimum absolute atomic E-state index is 0.0965. The van der Waals surface area contributed by atoms with E-state index < -0.39 is 0 Å². The second-order valence-electron chi connectivity index (χ2n) is 5.93. The molecule has 0 saturated heterocycles. The van der Waals surface area contributed by atoms with E-state index in [0.717, 1.165) is 24.3 Å². The van der Waals surface area contributed by atoms with Crippen molar-refractivity contribution in [2.75, 3.05) is 4.90 Å². The van der Waals surface area contributed by atoms with Crippen molar-refractivity contribution < 1.29 is 4.79 Å². The summed E-state index contributed by atoms with van der Waals surface area (Å²) in [5.41, 5.74) is 4.40. The quantitative estimate of drug-likeness (QED) is 0.590. The number of nitrogens with zero attached hydrogens (tertiary/aromatic N) is 1. The average molecular weight is 315 g/mol. The third-order valence-corrected chi connectivity index (χ3v) is 4.07. The molecule has 0 heterocycles. The van der Waals surface area contributed by atoms with Gasteiger partial charge in [0, 0.05) is 24.3 Å². The summed E-state index contributed by atoms with van der Waals surface area (Å²) < 4.78 is 0. The van der Waals surface area contributed by atoms with Crippen LogP contribution in [0.2, 0.25) is 0 Å². The summed E-state index contributed by atoms with van der Waals surface area (Å²) in [5.74, 6) is 0.0965. The molecular formula is C22H21NO. The SMILES string of the molecule is CC(=O)c1ccc(N(Cc2ccccc2)Cc2ccccc2)cc1. The molecule has 0 aliphatic rings. The van der Waals surface area contributed by atoms with Crippen LogP contribution in [0.3, 0.4) is 0 Å². The molecule has 0 atom stereocenters. The van der Waals surface area contributed by atoms with Crippen molar-refractivity contribution in [2.45, 2.75) is 20.0 Å². The molecule has 0 fully saturated rings. The topological polar surface area (TPSA) is 20.3 Å². The molecule has 3 aromatic rings. The Morgan fingerprint density at radius 3 is 1.58 bits per heavy atom. The lowest BCUT2D eigenvalue weighted by atomic mass is 10.1. The smallest absolute Gasteiger partial charge is 0.159 e. The Bertz CT molecular complexity index is 738. The third-order valence-electron chi connectivity index (χ3n) is 4.07. The van der Waals surface area contributed by atoms with Gasteiger partial charge in [-0.05, 0) is 42.3 Å². The maximum Gasteiger partial charge on any atom is 0.159 e. The van der Waals surface area contributed by atoms with Gasteiger partial charge in [0.05, 0.1) is 0 Å². The van der Waals surface area contributed by atoms with Crippen LogP contribution >= 0.6 is 0 Å². The maximum atomic E-state index is 11.5. The highest BCUT2D eigenvalue weighted by Crippen LogP contribution is 2.21. The van der Waals surface area contributed by atoms with Crippen LogP contribution in [0.4, 0.5) is 5.69 Å². The fourth-order valence-electron chi connectivity index (χ4n) is 2.75. The number of Topliss-reactive ketones (excluding diaryl/α,β-unsaturated/α-hetero) is 1. The zero-order valence-electron chi connectivity index (χ0n) is 13.9. The standard InChI is InChI=1S/C22H21NO/c1-18(24)21-12-14-22(15-13-21)23(16-19-8-4-2-5-9-19)17-20-10-6-3-7-11-20/h2-15H,16-17H2,1H3. The van der Waals surface area contributed by atoms with E-state index in [9.17, 15) is 4.79 Å². The molecule has 2 nitrogen and oxygen atoms in total. The molecule has 0 aromatic heterocycles. The Labute approximate surface area is 143 Å². The lowest BCUT2D eigenvalue weighted by Gasteiger charge is -2.25. The zero-order valence-corrected chi connectivity index (χ0v) is 13.9. The highest BCUT2D eigenvalue weighted by atomic mass is 16.1. The minimum Gasteiger partial charge on any atom is -0.363 e. The Kier molecular flexibility index (Phi) is 5.07. The van der Waals surface area contributed by atoms with Gasteiger partial charge in [-0.1, -0.05) is 60.7 Å². The van der Waals surface area contributed by atoms with Crippen molar-refractivity contribution in [3.05, 3.63) is 102 Å². The Morgan fingerprint density at radius 2 is 1.17 bits per heavy atom. The number of carbonyl (C=O) groups is 1. The normalized spacial score (nSPS) is 10.4. The Balaban J connectivity index is 1.87. The van der Waals surface area contributed by atoms with Gasteiger partial charge in [0.2, 0.25) is 0 Å². The van der Waals surface area contributed by atoms with E-state index in [1.165, 1.54) is 11.1 Å². The van der Waals surface area contributed by atoms with Crippen molar-refractivity contribution >= 4 is 11.5 Å². The molecule has 3 rings (SSSR count). The first-order chi connectivity index (χ1) is 11.7. The molecule has 0 radical (unpaired) electrons. The zero-order chi connectivity index (χ0) is 16.8. The summed E-state index contributed by atoms with van der Waals surface area (Å²) in [6.07, 6.45) is 0. The second-order valence-corrected chi connectivity index (χ2v) is 5.93. The molecule has 3 aromatic carbocycles. The van der Waals surface area contributed by atoms with Gasteiger partial charge in [-0.2, -0.15) is 0 Å². The van der Waals surface area contributed by atoms with Crippen LogP contribution in [0.15, 0.2) is 84.9 Å². The molecular weight excluding hydrogens is 294 g/mol. The van der Waals surface area contributed by atoms with Gasteiger partial charge >= 0.3 is 0 Å². The van der Waals surface area contributed by atoms with Gasteiger partial charge in [0.15, 0.2) is 5.78 Å². The van der Waals surface area contributed by atoms with Crippen molar-refractivity contribution in [1.29, 1.82) is 0 Å².